The lowest BCUT2D eigenvalue weighted by Crippen LogP contribution is -2.27. The third-order valence-corrected chi connectivity index (χ3v) is 6.32. The second kappa shape index (κ2) is 6.61. The van der Waals surface area contributed by atoms with E-state index >= 15 is 0 Å². The predicted octanol–water partition coefficient (Wildman–Crippen LogP) is 2.72. The Balaban J connectivity index is 1.86. The fraction of sp³-hybridized carbons (Fsp3) is 0.316. The molecule has 0 aromatic heterocycles. The molecule has 2 aromatic rings. The van der Waals surface area contributed by atoms with Crippen LogP contribution in [0, 0.1) is 6.92 Å². The van der Waals surface area contributed by atoms with Crippen LogP contribution in [0.25, 0.3) is 0 Å². The molecular formula is C19H22N2O3S. The van der Waals surface area contributed by atoms with Crippen LogP contribution in [0.15, 0.2) is 47.4 Å². The summed E-state index contributed by atoms with van der Waals surface area (Å²) in [6.07, 6.45) is 0.680. The van der Waals surface area contributed by atoms with Crippen molar-refractivity contribution in [3.05, 3.63) is 59.2 Å². The first kappa shape index (κ1) is 17.6. The molecule has 3 rings (SSSR count). The van der Waals surface area contributed by atoms with Gasteiger partial charge in [-0.05, 0) is 42.7 Å². The standard InChI is InChI=1S/C19H22N2O3S/c1-14-5-4-6-16(11-14)13-20(3)25(23,24)18-7-8-19-17(12-18)9-10-21(19)15(2)22/h4-8,11-12H,9-10,13H2,1-3H3. The monoisotopic (exact) mass is 358 g/mol. The number of fused-ring (bicyclic) bond motifs is 1. The second-order valence-electron chi connectivity index (χ2n) is 6.46. The quantitative estimate of drug-likeness (QED) is 0.844. The number of sulfonamides is 1. The van der Waals surface area contributed by atoms with Gasteiger partial charge in [0.2, 0.25) is 15.9 Å². The maximum atomic E-state index is 12.9. The normalized spacial score (nSPS) is 14.0. The van der Waals surface area contributed by atoms with E-state index in [0.717, 1.165) is 22.4 Å². The van der Waals surface area contributed by atoms with E-state index in [9.17, 15) is 13.2 Å². The van der Waals surface area contributed by atoms with Crippen molar-refractivity contribution in [2.24, 2.45) is 0 Å². The number of aryl methyl sites for hydroxylation is 1. The molecule has 1 aliphatic rings. The Morgan fingerprint density at radius 2 is 1.96 bits per heavy atom. The highest BCUT2D eigenvalue weighted by Gasteiger charge is 2.26. The highest BCUT2D eigenvalue weighted by molar-refractivity contribution is 7.89. The molecule has 0 fully saturated rings. The van der Waals surface area contributed by atoms with Gasteiger partial charge in [-0.15, -0.1) is 0 Å². The highest BCUT2D eigenvalue weighted by atomic mass is 32.2. The summed E-state index contributed by atoms with van der Waals surface area (Å²) in [4.78, 5) is 13.6. The van der Waals surface area contributed by atoms with Gasteiger partial charge in [-0.1, -0.05) is 29.8 Å². The van der Waals surface area contributed by atoms with Gasteiger partial charge in [-0.25, -0.2) is 8.42 Å². The Morgan fingerprint density at radius 3 is 2.64 bits per heavy atom. The third-order valence-electron chi connectivity index (χ3n) is 4.52. The van der Waals surface area contributed by atoms with E-state index in [2.05, 4.69) is 0 Å². The zero-order valence-corrected chi connectivity index (χ0v) is 15.5. The van der Waals surface area contributed by atoms with Gasteiger partial charge in [0, 0.05) is 32.7 Å². The fourth-order valence-electron chi connectivity index (χ4n) is 3.20. The lowest BCUT2D eigenvalue weighted by atomic mass is 10.1. The molecular weight excluding hydrogens is 336 g/mol. The first-order chi connectivity index (χ1) is 11.8. The lowest BCUT2D eigenvalue weighted by Gasteiger charge is -2.19. The number of hydrogen-bond acceptors (Lipinski definition) is 3. The molecule has 0 N–H and O–H groups in total. The van der Waals surface area contributed by atoms with E-state index in [-0.39, 0.29) is 10.8 Å². The van der Waals surface area contributed by atoms with Crippen LogP contribution >= 0.6 is 0 Å². The maximum absolute atomic E-state index is 12.9. The van der Waals surface area contributed by atoms with Crippen LogP contribution in [0.5, 0.6) is 0 Å². The van der Waals surface area contributed by atoms with Gasteiger partial charge in [0.1, 0.15) is 0 Å². The van der Waals surface area contributed by atoms with Crippen molar-refractivity contribution in [3.63, 3.8) is 0 Å². The van der Waals surface area contributed by atoms with E-state index in [1.54, 1.807) is 30.1 Å². The SMILES string of the molecule is CC(=O)N1CCc2cc(S(=O)(=O)N(C)Cc3cccc(C)c3)ccc21. The number of amides is 1. The van der Waals surface area contributed by atoms with Crippen molar-refractivity contribution >= 4 is 21.6 Å². The molecule has 0 atom stereocenters. The van der Waals surface area contributed by atoms with E-state index in [1.165, 1.54) is 11.2 Å². The minimum absolute atomic E-state index is 0.0223. The minimum Gasteiger partial charge on any atom is -0.312 e. The van der Waals surface area contributed by atoms with Gasteiger partial charge < -0.3 is 4.90 Å². The van der Waals surface area contributed by atoms with Crippen LogP contribution in [0.1, 0.15) is 23.6 Å². The minimum atomic E-state index is -3.58. The van der Waals surface area contributed by atoms with Gasteiger partial charge in [0.25, 0.3) is 0 Å². The molecule has 0 bridgehead atoms. The second-order valence-corrected chi connectivity index (χ2v) is 8.51. The summed E-state index contributed by atoms with van der Waals surface area (Å²) in [7, 11) is -1.99. The van der Waals surface area contributed by atoms with Crippen molar-refractivity contribution in [2.45, 2.75) is 31.7 Å². The first-order valence-corrected chi connectivity index (χ1v) is 9.66. The van der Waals surface area contributed by atoms with Crippen molar-refractivity contribution in [3.8, 4) is 0 Å². The number of carbonyl (C=O) groups excluding carboxylic acids is 1. The van der Waals surface area contributed by atoms with Crippen LogP contribution in [0.2, 0.25) is 0 Å². The molecule has 1 amide bonds. The van der Waals surface area contributed by atoms with Crippen LogP contribution in [-0.2, 0) is 27.8 Å². The van der Waals surface area contributed by atoms with E-state index in [4.69, 9.17) is 0 Å². The molecule has 0 aliphatic carbocycles. The number of benzene rings is 2. The number of rotatable bonds is 4. The van der Waals surface area contributed by atoms with Crippen molar-refractivity contribution < 1.29 is 13.2 Å². The van der Waals surface area contributed by atoms with Gasteiger partial charge in [-0.2, -0.15) is 4.31 Å². The Kier molecular flexibility index (Phi) is 4.67. The number of anilines is 1. The van der Waals surface area contributed by atoms with Crippen LogP contribution in [-0.4, -0.2) is 32.2 Å². The first-order valence-electron chi connectivity index (χ1n) is 8.22. The van der Waals surface area contributed by atoms with Crippen LogP contribution in [0.4, 0.5) is 5.69 Å². The van der Waals surface area contributed by atoms with E-state index < -0.39 is 10.0 Å². The van der Waals surface area contributed by atoms with Crippen molar-refractivity contribution in [1.29, 1.82) is 0 Å². The average Bonchev–Trinajstić information content (AvgIpc) is 2.98. The Morgan fingerprint density at radius 1 is 1.20 bits per heavy atom. The molecule has 5 nitrogen and oxygen atoms in total. The molecule has 0 saturated carbocycles. The summed E-state index contributed by atoms with van der Waals surface area (Å²) in [6.45, 7) is 4.43. The largest absolute Gasteiger partial charge is 0.312 e. The molecule has 2 aromatic carbocycles. The van der Waals surface area contributed by atoms with Gasteiger partial charge >= 0.3 is 0 Å². The Labute approximate surface area is 148 Å². The highest BCUT2D eigenvalue weighted by Crippen LogP contribution is 2.31. The molecule has 0 radical (unpaired) electrons. The zero-order valence-electron chi connectivity index (χ0n) is 14.7. The predicted molar refractivity (Wildman–Crippen MR) is 98.0 cm³/mol. The topological polar surface area (TPSA) is 57.7 Å². The Bertz CT molecular complexity index is 922. The molecule has 132 valence electrons. The molecule has 6 heteroatoms. The molecule has 0 saturated heterocycles. The molecule has 1 heterocycles. The summed E-state index contributed by atoms with van der Waals surface area (Å²) in [6, 6.07) is 12.8. The van der Waals surface area contributed by atoms with E-state index in [1.807, 2.05) is 31.2 Å². The van der Waals surface area contributed by atoms with Gasteiger partial charge in [-0.3, -0.25) is 4.79 Å². The summed E-state index contributed by atoms with van der Waals surface area (Å²) in [5.74, 6) is -0.0223. The zero-order chi connectivity index (χ0) is 18.2. The van der Waals surface area contributed by atoms with Crippen molar-refractivity contribution in [2.75, 3.05) is 18.5 Å². The fourth-order valence-corrected chi connectivity index (χ4v) is 4.41. The number of carbonyl (C=O) groups is 1. The smallest absolute Gasteiger partial charge is 0.243 e. The molecule has 0 spiro atoms. The summed E-state index contributed by atoms with van der Waals surface area (Å²) < 4.78 is 27.1. The maximum Gasteiger partial charge on any atom is 0.243 e. The number of nitrogens with zero attached hydrogens (tertiary/aromatic N) is 2. The van der Waals surface area contributed by atoms with Crippen LogP contribution in [0.3, 0.4) is 0 Å². The summed E-state index contributed by atoms with van der Waals surface area (Å²) >= 11 is 0. The summed E-state index contributed by atoms with van der Waals surface area (Å²) in [5.41, 5.74) is 3.77. The molecule has 0 unspecified atom stereocenters. The van der Waals surface area contributed by atoms with Gasteiger partial charge in [0.15, 0.2) is 0 Å². The Hall–Kier alpha value is -2.18. The van der Waals surface area contributed by atoms with Gasteiger partial charge in [0.05, 0.1) is 4.90 Å². The van der Waals surface area contributed by atoms with E-state index in [0.29, 0.717) is 19.5 Å². The summed E-state index contributed by atoms with van der Waals surface area (Å²) in [5, 5.41) is 0. The molecule has 25 heavy (non-hydrogen) atoms. The van der Waals surface area contributed by atoms with Crippen LogP contribution < -0.4 is 4.90 Å². The molecule has 1 aliphatic heterocycles. The lowest BCUT2D eigenvalue weighted by molar-refractivity contribution is -0.116. The number of hydrogen-bond donors (Lipinski definition) is 0. The van der Waals surface area contributed by atoms with Crippen molar-refractivity contribution in [1.82, 2.24) is 4.31 Å². The average molecular weight is 358 g/mol. The third kappa shape index (κ3) is 3.45.